The Morgan fingerprint density at radius 3 is 2.78 bits per heavy atom. The molecule has 6 nitrogen and oxygen atoms in total. The second-order valence-corrected chi connectivity index (χ2v) is 5.18. The van der Waals surface area contributed by atoms with Crippen molar-refractivity contribution in [3.63, 3.8) is 0 Å². The topological polar surface area (TPSA) is 73.5 Å². The summed E-state index contributed by atoms with van der Waals surface area (Å²) < 4.78 is 0. The summed E-state index contributed by atoms with van der Waals surface area (Å²) >= 11 is 0. The lowest BCUT2D eigenvalue weighted by molar-refractivity contribution is -0.121. The van der Waals surface area contributed by atoms with E-state index in [2.05, 4.69) is 27.8 Å². The minimum absolute atomic E-state index is 0.245. The standard InChI is InChI=1S/C12H24N4O2/c1-9(2)6-14-12(18)15-11(17)8-16-5-4-13-7-10(16)3/h9-10,13H,4-8H2,1-3H3,(H2,14,15,17,18). The molecule has 3 N–H and O–H groups in total. The van der Waals surface area contributed by atoms with Gasteiger partial charge < -0.3 is 10.6 Å². The molecule has 0 spiro atoms. The predicted octanol–water partition coefficient (Wildman–Crippen LogP) is -0.238. The molecule has 0 aliphatic carbocycles. The molecule has 0 saturated carbocycles. The third-order valence-electron chi connectivity index (χ3n) is 2.91. The largest absolute Gasteiger partial charge is 0.338 e. The van der Waals surface area contributed by atoms with Crippen molar-refractivity contribution in [2.24, 2.45) is 5.92 Å². The maximum atomic E-state index is 11.7. The van der Waals surface area contributed by atoms with Gasteiger partial charge in [0.1, 0.15) is 0 Å². The summed E-state index contributed by atoms with van der Waals surface area (Å²) in [5.41, 5.74) is 0. The third-order valence-corrected chi connectivity index (χ3v) is 2.91. The quantitative estimate of drug-likeness (QED) is 0.649. The van der Waals surface area contributed by atoms with Crippen molar-refractivity contribution in [1.29, 1.82) is 0 Å². The number of hydrogen-bond donors (Lipinski definition) is 3. The van der Waals surface area contributed by atoms with Gasteiger partial charge in [0.25, 0.3) is 0 Å². The Kier molecular flexibility index (Phi) is 6.07. The zero-order valence-corrected chi connectivity index (χ0v) is 11.5. The Morgan fingerprint density at radius 1 is 1.44 bits per heavy atom. The van der Waals surface area contributed by atoms with Gasteiger partial charge in [-0.25, -0.2) is 4.79 Å². The van der Waals surface area contributed by atoms with E-state index in [-0.39, 0.29) is 12.5 Å². The fourth-order valence-corrected chi connectivity index (χ4v) is 1.81. The Morgan fingerprint density at radius 2 is 2.17 bits per heavy atom. The monoisotopic (exact) mass is 256 g/mol. The van der Waals surface area contributed by atoms with Crippen molar-refractivity contribution in [2.75, 3.05) is 32.7 Å². The summed E-state index contributed by atoms with van der Waals surface area (Å²) in [6.45, 7) is 9.53. The average molecular weight is 256 g/mol. The Balaban J connectivity index is 2.25. The maximum Gasteiger partial charge on any atom is 0.321 e. The first-order valence-corrected chi connectivity index (χ1v) is 6.51. The number of nitrogens with one attached hydrogen (secondary N) is 3. The highest BCUT2D eigenvalue weighted by atomic mass is 16.2. The second kappa shape index (κ2) is 7.33. The summed E-state index contributed by atoms with van der Waals surface area (Å²) in [4.78, 5) is 25.2. The van der Waals surface area contributed by atoms with Gasteiger partial charge in [-0.15, -0.1) is 0 Å². The molecule has 0 aromatic carbocycles. The number of piperazine rings is 1. The number of carbonyl (C=O) groups excluding carboxylic acids is 2. The van der Waals surface area contributed by atoms with Crippen LogP contribution in [-0.4, -0.2) is 55.6 Å². The summed E-state index contributed by atoms with van der Waals surface area (Å²) in [7, 11) is 0. The fourth-order valence-electron chi connectivity index (χ4n) is 1.81. The number of imide groups is 1. The summed E-state index contributed by atoms with van der Waals surface area (Å²) in [5.74, 6) is 0.129. The summed E-state index contributed by atoms with van der Waals surface area (Å²) in [5, 5.41) is 8.27. The van der Waals surface area contributed by atoms with Crippen LogP contribution in [0.1, 0.15) is 20.8 Å². The first kappa shape index (κ1) is 14.9. The van der Waals surface area contributed by atoms with Crippen molar-refractivity contribution in [1.82, 2.24) is 20.9 Å². The zero-order chi connectivity index (χ0) is 13.5. The number of rotatable bonds is 4. The molecular weight excluding hydrogens is 232 g/mol. The molecule has 1 aliphatic heterocycles. The van der Waals surface area contributed by atoms with Crippen LogP contribution >= 0.6 is 0 Å². The van der Waals surface area contributed by atoms with E-state index >= 15 is 0 Å². The van der Waals surface area contributed by atoms with E-state index in [9.17, 15) is 9.59 Å². The molecular formula is C12H24N4O2. The molecule has 0 aromatic rings. The molecule has 6 heteroatoms. The van der Waals surface area contributed by atoms with Crippen LogP contribution in [0.25, 0.3) is 0 Å². The molecule has 1 saturated heterocycles. The molecule has 18 heavy (non-hydrogen) atoms. The van der Waals surface area contributed by atoms with Crippen LogP contribution in [0.2, 0.25) is 0 Å². The molecule has 3 amide bonds. The van der Waals surface area contributed by atoms with Crippen LogP contribution in [0.5, 0.6) is 0 Å². The molecule has 1 aliphatic rings. The van der Waals surface area contributed by atoms with Gasteiger partial charge in [0.05, 0.1) is 6.54 Å². The SMILES string of the molecule is CC(C)CNC(=O)NC(=O)CN1CCNCC1C. The predicted molar refractivity (Wildman–Crippen MR) is 70.3 cm³/mol. The van der Waals surface area contributed by atoms with Gasteiger partial charge >= 0.3 is 6.03 Å². The first-order chi connectivity index (χ1) is 8.49. The highest BCUT2D eigenvalue weighted by Gasteiger charge is 2.20. The molecule has 1 rings (SSSR count). The highest BCUT2D eigenvalue weighted by Crippen LogP contribution is 2.00. The number of nitrogens with zero attached hydrogens (tertiary/aromatic N) is 1. The van der Waals surface area contributed by atoms with Crippen LogP contribution in [0.3, 0.4) is 0 Å². The highest BCUT2D eigenvalue weighted by molar-refractivity contribution is 5.95. The van der Waals surface area contributed by atoms with Gasteiger partial charge in [-0.1, -0.05) is 13.8 Å². The lowest BCUT2D eigenvalue weighted by Gasteiger charge is -2.33. The lowest BCUT2D eigenvalue weighted by Crippen LogP contribution is -2.54. The second-order valence-electron chi connectivity index (χ2n) is 5.18. The summed E-state index contributed by atoms with van der Waals surface area (Å²) in [6.07, 6.45) is 0. The van der Waals surface area contributed by atoms with Crippen molar-refractivity contribution >= 4 is 11.9 Å². The lowest BCUT2D eigenvalue weighted by atomic mass is 10.2. The molecule has 1 atom stereocenters. The molecule has 104 valence electrons. The Labute approximate surface area is 108 Å². The van der Waals surface area contributed by atoms with Gasteiger partial charge in [-0.05, 0) is 12.8 Å². The van der Waals surface area contributed by atoms with E-state index in [1.807, 2.05) is 13.8 Å². The summed E-state index contributed by atoms with van der Waals surface area (Å²) in [6, 6.07) is -0.0836. The minimum Gasteiger partial charge on any atom is -0.338 e. The van der Waals surface area contributed by atoms with Crippen LogP contribution in [-0.2, 0) is 4.79 Å². The van der Waals surface area contributed by atoms with Gasteiger partial charge in [-0.3, -0.25) is 15.0 Å². The van der Waals surface area contributed by atoms with E-state index in [1.54, 1.807) is 0 Å². The molecule has 1 fully saturated rings. The van der Waals surface area contributed by atoms with Crippen LogP contribution < -0.4 is 16.0 Å². The van der Waals surface area contributed by atoms with E-state index < -0.39 is 6.03 Å². The average Bonchev–Trinajstić information content (AvgIpc) is 2.29. The third kappa shape index (κ3) is 5.46. The Hall–Kier alpha value is -1.14. The van der Waals surface area contributed by atoms with Crippen LogP contribution in [0.4, 0.5) is 4.79 Å². The van der Waals surface area contributed by atoms with Crippen LogP contribution in [0.15, 0.2) is 0 Å². The van der Waals surface area contributed by atoms with Crippen molar-refractivity contribution in [3.8, 4) is 0 Å². The molecule has 0 aromatic heterocycles. The molecule has 1 unspecified atom stereocenters. The van der Waals surface area contributed by atoms with E-state index in [0.29, 0.717) is 18.5 Å². The Bertz CT molecular complexity index is 294. The molecule has 0 radical (unpaired) electrons. The molecule has 0 bridgehead atoms. The number of urea groups is 1. The minimum atomic E-state index is -0.406. The smallest absolute Gasteiger partial charge is 0.321 e. The van der Waals surface area contributed by atoms with E-state index in [0.717, 1.165) is 19.6 Å². The van der Waals surface area contributed by atoms with Crippen molar-refractivity contribution in [3.05, 3.63) is 0 Å². The van der Waals surface area contributed by atoms with Crippen LogP contribution in [0, 0.1) is 5.92 Å². The van der Waals surface area contributed by atoms with Crippen molar-refractivity contribution < 1.29 is 9.59 Å². The number of hydrogen-bond acceptors (Lipinski definition) is 4. The normalized spacial score (nSPS) is 20.8. The van der Waals surface area contributed by atoms with Gasteiger partial charge in [0.15, 0.2) is 0 Å². The fraction of sp³-hybridized carbons (Fsp3) is 0.833. The number of amides is 3. The zero-order valence-electron chi connectivity index (χ0n) is 11.5. The number of carbonyl (C=O) groups is 2. The maximum absolute atomic E-state index is 11.7. The van der Waals surface area contributed by atoms with Gasteiger partial charge in [-0.2, -0.15) is 0 Å². The van der Waals surface area contributed by atoms with Gasteiger partial charge in [0, 0.05) is 32.2 Å². The van der Waals surface area contributed by atoms with E-state index in [4.69, 9.17) is 0 Å². The van der Waals surface area contributed by atoms with E-state index in [1.165, 1.54) is 0 Å². The van der Waals surface area contributed by atoms with Gasteiger partial charge in [0.2, 0.25) is 5.91 Å². The molecule has 1 heterocycles. The first-order valence-electron chi connectivity index (χ1n) is 6.51. The van der Waals surface area contributed by atoms with Crippen molar-refractivity contribution in [2.45, 2.75) is 26.8 Å².